The molecule has 1 saturated heterocycles. The van der Waals surface area contributed by atoms with Crippen LogP contribution in [-0.4, -0.2) is 73.4 Å². The zero-order valence-electron chi connectivity index (χ0n) is 34.3. The van der Waals surface area contributed by atoms with Crippen molar-refractivity contribution in [1.82, 2.24) is 19.9 Å². The number of aryl methyl sites for hydroxylation is 3. The molecule has 1 fully saturated rings. The van der Waals surface area contributed by atoms with E-state index >= 15 is 0 Å². The molecule has 3 aliphatic heterocycles. The number of esters is 2. The predicted octanol–water partition coefficient (Wildman–Crippen LogP) is 10.7. The molecule has 3 aliphatic rings. The van der Waals surface area contributed by atoms with Crippen LogP contribution in [-0.2, 0) is 23.8 Å². The summed E-state index contributed by atoms with van der Waals surface area (Å²) in [4.78, 5) is 41.0. The zero-order chi connectivity index (χ0) is 40.1. The molecule has 0 amide bonds. The minimum Gasteiger partial charge on any atom is -0.463 e. The van der Waals surface area contributed by atoms with Gasteiger partial charge in [0.05, 0.1) is 17.5 Å². The van der Waals surface area contributed by atoms with E-state index in [-0.39, 0.29) is 42.1 Å². The number of carbonyl (C=O) groups is 2. The van der Waals surface area contributed by atoms with Crippen LogP contribution in [0.25, 0.3) is 39.3 Å². The molecule has 0 spiro atoms. The largest absolute Gasteiger partial charge is 0.463 e. The number of fused-ring (bicyclic) bond motifs is 8. The molecule has 11 heteroatoms. The van der Waals surface area contributed by atoms with Gasteiger partial charge in [-0.1, -0.05) is 26.5 Å². The number of aromatic nitrogens is 4. The highest BCUT2D eigenvalue weighted by atomic mass is 32.2. The van der Waals surface area contributed by atoms with Gasteiger partial charge in [0.15, 0.2) is 0 Å². The van der Waals surface area contributed by atoms with E-state index in [1.54, 1.807) is 11.8 Å². The molecule has 6 heterocycles. The lowest BCUT2D eigenvalue weighted by molar-refractivity contribution is -0.162. The summed E-state index contributed by atoms with van der Waals surface area (Å²) in [5.41, 5.74) is 15.7. The van der Waals surface area contributed by atoms with Crippen molar-refractivity contribution >= 4 is 74.8 Å². The highest BCUT2D eigenvalue weighted by molar-refractivity contribution is 8.00. The fourth-order valence-corrected chi connectivity index (χ4v) is 10.5. The van der Waals surface area contributed by atoms with Gasteiger partial charge < -0.3 is 24.2 Å². The number of carbonyl (C=O) groups excluding carboxylic acids is 2. The number of hydrogen-bond donors (Lipinski definition) is 2. The van der Waals surface area contributed by atoms with E-state index in [9.17, 15) is 9.59 Å². The standard InChI is InChI=1S/C45H58N4O5S2/c1-10-34-27(5)40-23-43-35(11-2)26(4)39(47-43)22-41-28(6)36(45(49-41)29(7)38-18-25(3)37(46-38)21-42(34)48-40)14-12-15-55-16-13-17-56-44-20-32(53-31(9)51)19-33(54-44)24-52-30(8)50/h11,18,21-23,28,32-33,36,44,46-47H,2,10,12-17,19-20,24H2,1,3-9H3/t28-,32-,33-,36-,44-/m0/s1. The van der Waals surface area contributed by atoms with E-state index in [1.807, 2.05) is 17.8 Å². The molecular formula is C45H58N4O5S2. The lowest BCUT2D eigenvalue weighted by Crippen LogP contribution is -2.39. The third-order valence-corrected chi connectivity index (χ3v) is 13.7. The number of allylic oxidation sites excluding steroid dienone is 2. The molecule has 2 N–H and O–H groups in total. The number of ether oxygens (including phenoxy) is 3. The van der Waals surface area contributed by atoms with Gasteiger partial charge in [-0.05, 0) is 123 Å². The zero-order valence-corrected chi connectivity index (χ0v) is 35.9. The Balaban J connectivity index is 1.16. The van der Waals surface area contributed by atoms with Gasteiger partial charge in [-0.25, -0.2) is 4.98 Å². The van der Waals surface area contributed by atoms with Crippen molar-refractivity contribution < 1.29 is 23.8 Å². The van der Waals surface area contributed by atoms with Gasteiger partial charge in [0, 0.05) is 77.5 Å². The monoisotopic (exact) mass is 798 g/mol. The van der Waals surface area contributed by atoms with E-state index in [0.29, 0.717) is 18.8 Å². The van der Waals surface area contributed by atoms with Gasteiger partial charge in [-0.15, -0.1) is 11.8 Å². The quantitative estimate of drug-likeness (QED) is 0.121. The second kappa shape index (κ2) is 18.6. The Bertz CT molecular complexity index is 2150. The average Bonchev–Trinajstić information content (AvgIpc) is 3.85. The summed E-state index contributed by atoms with van der Waals surface area (Å²) in [6.07, 6.45) is 6.78. The van der Waals surface area contributed by atoms with Crippen LogP contribution in [0, 0.1) is 20.8 Å². The van der Waals surface area contributed by atoms with Crippen molar-refractivity contribution in [2.75, 3.05) is 23.9 Å². The van der Waals surface area contributed by atoms with Gasteiger partial charge in [0.25, 0.3) is 0 Å². The van der Waals surface area contributed by atoms with Gasteiger partial charge in [0.1, 0.15) is 18.1 Å². The first-order valence-electron chi connectivity index (χ1n) is 20.1. The number of hydrogen-bond acceptors (Lipinski definition) is 9. The molecule has 3 aromatic rings. The number of rotatable bonds is 14. The summed E-state index contributed by atoms with van der Waals surface area (Å²) in [5.74, 6) is 3.06. The molecule has 56 heavy (non-hydrogen) atoms. The first-order chi connectivity index (χ1) is 26.9. The van der Waals surface area contributed by atoms with Crippen LogP contribution in [0.2, 0.25) is 0 Å². The van der Waals surface area contributed by atoms with Crippen LogP contribution >= 0.6 is 23.5 Å². The van der Waals surface area contributed by atoms with Crippen LogP contribution in [0.3, 0.4) is 0 Å². The average molecular weight is 799 g/mol. The van der Waals surface area contributed by atoms with Crippen molar-refractivity contribution in [3.05, 3.63) is 75.9 Å². The van der Waals surface area contributed by atoms with Crippen LogP contribution in [0.5, 0.6) is 0 Å². The topological polar surface area (TPSA) is 119 Å². The highest BCUT2D eigenvalue weighted by Crippen LogP contribution is 2.42. The molecule has 300 valence electrons. The molecule has 0 unspecified atom stereocenters. The Hall–Kier alpha value is -3.80. The van der Waals surface area contributed by atoms with Crippen LogP contribution in [0.4, 0.5) is 0 Å². The van der Waals surface area contributed by atoms with Crippen molar-refractivity contribution in [1.29, 1.82) is 0 Å². The van der Waals surface area contributed by atoms with Gasteiger partial charge in [-0.3, -0.25) is 14.6 Å². The van der Waals surface area contributed by atoms with Crippen molar-refractivity contribution in [2.24, 2.45) is 0 Å². The Morgan fingerprint density at radius 3 is 2.38 bits per heavy atom. The molecule has 5 atom stereocenters. The summed E-state index contributed by atoms with van der Waals surface area (Å²) in [6.45, 7) is 20.4. The molecular weight excluding hydrogens is 741 g/mol. The van der Waals surface area contributed by atoms with Crippen LogP contribution < -0.4 is 0 Å². The van der Waals surface area contributed by atoms with E-state index in [4.69, 9.17) is 24.2 Å². The molecule has 8 bridgehead atoms. The lowest BCUT2D eigenvalue weighted by atomic mass is 9.86. The summed E-state index contributed by atoms with van der Waals surface area (Å²) < 4.78 is 16.9. The molecule has 0 saturated carbocycles. The Kier molecular flexibility index (Phi) is 13.9. The smallest absolute Gasteiger partial charge is 0.302 e. The number of nitrogens with zero attached hydrogens (tertiary/aromatic N) is 2. The van der Waals surface area contributed by atoms with E-state index in [0.717, 1.165) is 87.7 Å². The minimum atomic E-state index is -0.336. The number of aromatic amines is 2. The third-order valence-electron chi connectivity index (χ3n) is 11.4. The van der Waals surface area contributed by atoms with Gasteiger partial charge in [-0.2, -0.15) is 11.8 Å². The molecule has 6 rings (SSSR count). The van der Waals surface area contributed by atoms with Crippen molar-refractivity contribution in [2.45, 2.75) is 123 Å². The van der Waals surface area contributed by atoms with Gasteiger partial charge >= 0.3 is 11.9 Å². The maximum Gasteiger partial charge on any atom is 0.302 e. The van der Waals surface area contributed by atoms with E-state index in [1.165, 1.54) is 47.4 Å². The number of nitrogens with one attached hydrogen (secondary N) is 2. The van der Waals surface area contributed by atoms with Crippen LogP contribution in [0.15, 0.2) is 30.8 Å². The predicted molar refractivity (Wildman–Crippen MR) is 233 cm³/mol. The molecule has 0 aromatic carbocycles. The van der Waals surface area contributed by atoms with E-state index in [2.05, 4.69) is 82.4 Å². The Morgan fingerprint density at radius 1 is 0.911 bits per heavy atom. The molecule has 0 radical (unpaired) electrons. The normalized spacial score (nSPS) is 21.0. The highest BCUT2D eigenvalue weighted by Gasteiger charge is 2.33. The van der Waals surface area contributed by atoms with Gasteiger partial charge in [0.2, 0.25) is 0 Å². The first-order valence-corrected chi connectivity index (χ1v) is 22.3. The Labute approximate surface area is 340 Å². The molecule has 9 nitrogen and oxygen atoms in total. The maximum atomic E-state index is 11.6. The summed E-state index contributed by atoms with van der Waals surface area (Å²) in [7, 11) is 0. The summed E-state index contributed by atoms with van der Waals surface area (Å²) in [5, 5.41) is 0. The fraction of sp³-hybridized carbons (Fsp3) is 0.511. The van der Waals surface area contributed by atoms with Crippen molar-refractivity contribution in [3.63, 3.8) is 0 Å². The third kappa shape index (κ3) is 9.65. The summed E-state index contributed by atoms with van der Waals surface area (Å²) in [6, 6.07) is 8.91. The summed E-state index contributed by atoms with van der Waals surface area (Å²) >= 11 is 3.76. The number of thioether (sulfide) groups is 2. The second-order valence-electron chi connectivity index (χ2n) is 15.4. The molecule has 3 aromatic heterocycles. The second-order valence-corrected chi connectivity index (χ2v) is 17.9. The molecule has 0 aliphatic carbocycles. The number of H-pyrrole nitrogens is 2. The maximum absolute atomic E-state index is 11.6. The first kappa shape index (κ1) is 41.8. The lowest BCUT2D eigenvalue weighted by Gasteiger charge is -2.34. The van der Waals surface area contributed by atoms with Crippen molar-refractivity contribution in [3.8, 4) is 0 Å². The minimum absolute atomic E-state index is 0.0906. The van der Waals surface area contributed by atoms with Crippen LogP contribution in [0.1, 0.15) is 130 Å². The fourth-order valence-electron chi connectivity index (χ4n) is 8.24. The Morgan fingerprint density at radius 2 is 1.64 bits per heavy atom. The SMILES string of the molecule is C=Cc1c(C)c2cc3nc(c(C)c4cc(C)c(cc5nc(cc1[nH]2)C(C)=C5CC)[nH]4)[C@@H](CCCSCCCS[C@H]1C[C@@H](OC(C)=O)C[C@@H](COC(C)=O)O1)[C@@H]3C. The van der Waals surface area contributed by atoms with E-state index < -0.39 is 0 Å².